The molecule has 3 nitrogen and oxygen atoms in total. The van der Waals surface area contributed by atoms with Crippen LogP contribution in [-0.4, -0.2) is 35.6 Å². The van der Waals surface area contributed by atoms with Crippen molar-refractivity contribution in [2.45, 2.75) is 38.1 Å². The van der Waals surface area contributed by atoms with Crippen molar-refractivity contribution in [1.29, 1.82) is 0 Å². The van der Waals surface area contributed by atoms with E-state index in [1.807, 2.05) is 0 Å². The van der Waals surface area contributed by atoms with Crippen LogP contribution in [0.5, 0.6) is 0 Å². The van der Waals surface area contributed by atoms with Crippen molar-refractivity contribution in [2.75, 3.05) is 26.2 Å². The van der Waals surface area contributed by atoms with Crippen LogP contribution in [0.4, 0.5) is 0 Å². The molecule has 2 aromatic rings. The van der Waals surface area contributed by atoms with Crippen LogP contribution in [0, 0.1) is 5.92 Å². The van der Waals surface area contributed by atoms with Crippen LogP contribution in [0.1, 0.15) is 43.7 Å². The van der Waals surface area contributed by atoms with E-state index in [1.54, 1.807) is 5.56 Å². The monoisotopic (exact) mass is 311 g/mol. The summed E-state index contributed by atoms with van der Waals surface area (Å²) in [7, 11) is 2.20. The highest BCUT2D eigenvalue weighted by Crippen LogP contribution is 2.41. The number of piperazine rings is 1. The number of aryl methyl sites for hydroxylation is 1. The number of aromatic nitrogens is 1. The molecule has 1 N–H and O–H groups in total. The Hall–Kier alpha value is -1.32. The summed E-state index contributed by atoms with van der Waals surface area (Å²) in [5.41, 5.74) is 2.94. The first-order chi connectivity index (χ1) is 11.3. The lowest BCUT2D eigenvalue weighted by molar-refractivity contribution is 0.104. The normalized spacial score (nSPS) is 22.5. The number of nitrogens with zero attached hydrogens (tertiary/aromatic N) is 2. The lowest BCUT2D eigenvalue weighted by Gasteiger charge is -2.41. The van der Waals surface area contributed by atoms with Gasteiger partial charge in [0, 0.05) is 56.4 Å². The summed E-state index contributed by atoms with van der Waals surface area (Å²) in [4.78, 5) is 2.76. The molecule has 0 unspecified atom stereocenters. The standard InChI is InChI=1S/C20H29N3/c1-22-15-18(17-9-5-6-10-19(17)22)20(16-7-3-2-4-8-16)23-13-11-21-12-14-23/h5-6,9-10,15-16,20-21H,2-4,7-8,11-14H2,1H3/t20-/m0/s1. The molecule has 4 rings (SSSR count). The number of para-hydroxylation sites is 1. The van der Waals surface area contributed by atoms with Crippen LogP contribution in [0.3, 0.4) is 0 Å². The summed E-state index contributed by atoms with van der Waals surface area (Å²) in [5.74, 6) is 0.827. The average molecular weight is 311 g/mol. The largest absolute Gasteiger partial charge is 0.350 e. The molecule has 1 aromatic heterocycles. The molecule has 0 amide bonds. The molecule has 1 saturated carbocycles. The van der Waals surface area contributed by atoms with Gasteiger partial charge in [0.1, 0.15) is 0 Å². The summed E-state index contributed by atoms with van der Waals surface area (Å²) in [6, 6.07) is 9.54. The number of rotatable bonds is 3. The summed E-state index contributed by atoms with van der Waals surface area (Å²) in [6.45, 7) is 4.64. The van der Waals surface area contributed by atoms with Crippen LogP contribution >= 0.6 is 0 Å². The van der Waals surface area contributed by atoms with Crippen molar-refractivity contribution >= 4 is 10.9 Å². The Labute approximate surface area is 139 Å². The first kappa shape index (κ1) is 15.2. The molecule has 0 radical (unpaired) electrons. The highest BCUT2D eigenvalue weighted by Gasteiger charge is 2.32. The molecular weight excluding hydrogens is 282 g/mol. The van der Waals surface area contributed by atoms with Gasteiger partial charge in [0.2, 0.25) is 0 Å². The molecule has 1 aromatic carbocycles. The summed E-state index contributed by atoms with van der Waals surface area (Å²) in [5, 5.41) is 4.98. The zero-order valence-corrected chi connectivity index (χ0v) is 14.3. The van der Waals surface area contributed by atoms with E-state index in [0.717, 1.165) is 19.0 Å². The maximum atomic E-state index is 3.52. The van der Waals surface area contributed by atoms with Gasteiger partial charge in [-0.25, -0.2) is 0 Å². The predicted molar refractivity (Wildman–Crippen MR) is 96.7 cm³/mol. The first-order valence-electron chi connectivity index (χ1n) is 9.33. The van der Waals surface area contributed by atoms with E-state index < -0.39 is 0 Å². The van der Waals surface area contributed by atoms with Crippen LogP contribution in [0.2, 0.25) is 0 Å². The van der Waals surface area contributed by atoms with Crippen LogP contribution < -0.4 is 5.32 Å². The van der Waals surface area contributed by atoms with E-state index in [1.165, 1.54) is 56.1 Å². The number of fused-ring (bicyclic) bond motifs is 1. The Morgan fingerprint density at radius 2 is 1.78 bits per heavy atom. The zero-order chi connectivity index (χ0) is 15.6. The van der Waals surface area contributed by atoms with Crippen molar-refractivity contribution in [3.63, 3.8) is 0 Å². The van der Waals surface area contributed by atoms with Gasteiger partial charge in [0.05, 0.1) is 0 Å². The van der Waals surface area contributed by atoms with Crippen molar-refractivity contribution in [3.05, 3.63) is 36.0 Å². The van der Waals surface area contributed by atoms with Crippen molar-refractivity contribution in [1.82, 2.24) is 14.8 Å². The van der Waals surface area contributed by atoms with Crippen molar-refractivity contribution in [2.24, 2.45) is 13.0 Å². The van der Waals surface area contributed by atoms with Gasteiger partial charge >= 0.3 is 0 Å². The number of hydrogen-bond donors (Lipinski definition) is 1. The fraction of sp³-hybridized carbons (Fsp3) is 0.600. The molecule has 2 aliphatic rings. The molecule has 1 saturated heterocycles. The molecule has 3 heteroatoms. The Bertz CT molecular complexity index is 630. The van der Waals surface area contributed by atoms with E-state index in [0.29, 0.717) is 6.04 Å². The van der Waals surface area contributed by atoms with Gasteiger partial charge in [-0.1, -0.05) is 37.5 Å². The van der Waals surface area contributed by atoms with E-state index in [4.69, 9.17) is 0 Å². The molecule has 2 heterocycles. The molecule has 1 atom stereocenters. The van der Waals surface area contributed by atoms with Gasteiger partial charge in [0.15, 0.2) is 0 Å². The van der Waals surface area contributed by atoms with Gasteiger partial charge in [-0.3, -0.25) is 4.90 Å². The quantitative estimate of drug-likeness (QED) is 0.932. The maximum absolute atomic E-state index is 3.52. The molecule has 1 aliphatic heterocycles. The second-order valence-corrected chi connectivity index (χ2v) is 7.34. The lowest BCUT2D eigenvalue weighted by Crippen LogP contribution is -2.47. The molecular formula is C20H29N3. The summed E-state index contributed by atoms with van der Waals surface area (Å²) >= 11 is 0. The third-order valence-corrected chi connectivity index (χ3v) is 5.89. The van der Waals surface area contributed by atoms with Gasteiger partial charge in [-0.2, -0.15) is 0 Å². The minimum Gasteiger partial charge on any atom is -0.350 e. The van der Waals surface area contributed by atoms with Gasteiger partial charge in [0.25, 0.3) is 0 Å². The minimum absolute atomic E-state index is 0.600. The average Bonchev–Trinajstić information content (AvgIpc) is 2.94. The van der Waals surface area contributed by atoms with Crippen molar-refractivity contribution < 1.29 is 0 Å². The van der Waals surface area contributed by atoms with Crippen LogP contribution in [-0.2, 0) is 7.05 Å². The molecule has 1 aliphatic carbocycles. The lowest BCUT2D eigenvalue weighted by atomic mass is 9.80. The van der Waals surface area contributed by atoms with Crippen LogP contribution in [0.25, 0.3) is 10.9 Å². The fourth-order valence-corrected chi connectivity index (χ4v) is 4.77. The highest BCUT2D eigenvalue weighted by atomic mass is 15.2. The Balaban J connectivity index is 1.76. The molecule has 0 bridgehead atoms. The van der Waals surface area contributed by atoms with Gasteiger partial charge in [-0.05, 0) is 30.4 Å². The van der Waals surface area contributed by atoms with Crippen molar-refractivity contribution in [3.8, 4) is 0 Å². The number of benzene rings is 1. The smallest absolute Gasteiger partial charge is 0.0481 e. The topological polar surface area (TPSA) is 20.2 Å². The summed E-state index contributed by atoms with van der Waals surface area (Å²) in [6.07, 6.45) is 9.47. The Kier molecular flexibility index (Phi) is 4.41. The van der Waals surface area contributed by atoms with Gasteiger partial charge < -0.3 is 9.88 Å². The molecule has 23 heavy (non-hydrogen) atoms. The predicted octanol–water partition coefficient (Wildman–Crippen LogP) is 3.70. The number of hydrogen-bond acceptors (Lipinski definition) is 2. The second kappa shape index (κ2) is 6.66. The van der Waals surface area contributed by atoms with Crippen LogP contribution in [0.15, 0.2) is 30.5 Å². The Morgan fingerprint density at radius 1 is 1.04 bits per heavy atom. The first-order valence-corrected chi connectivity index (χ1v) is 9.33. The van der Waals surface area contributed by atoms with E-state index >= 15 is 0 Å². The fourth-order valence-electron chi connectivity index (χ4n) is 4.77. The minimum atomic E-state index is 0.600. The van der Waals surface area contributed by atoms with E-state index in [2.05, 4.69) is 52.3 Å². The zero-order valence-electron chi connectivity index (χ0n) is 14.3. The van der Waals surface area contributed by atoms with E-state index in [9.17, 15) is 0 Å². The molecule has 0 spiro atoms. The SMILES string of the molecule is Cn1cc([C@H](C2CCCCC2)N2CCNCC2)c2ccccc21. The summed E-state index contributed by atoms with van der Waals surface area (Å²) < 4.78 is 2.32. The third-order valence-electron chi connectivity index (χ3n) is 5.89. The number of nitrogens with one attached hydrogen (secondary N) is 1. The molecule has 2 fully saturated rings. The third kappa shape index (κ3) is 2.92. The maximum Gasteiger partial charge on any atom is 0.0481 e. The van der Waals surface area contributed by atoms with Gasteiger partial charge in [-0.15, -0.1) is 0 Å². The highest BCUT2D eigenvalue weighted by molar-refractivity contribution is 5.84. The second-order valence-electron chi connectivity index (χ2n) is 7.34. The van der Waals surface area contributed by atoms with E-state index in [-0.39, 0.29) is 0 Å². The molecule has 124 valence electrons. The Morgan fingerprint density at radius 3 is 2.57 bits per heavy atom.